The minimum absolute atomic E-state index is 0.693. The molecule has 0 aliphatic carbocycles. The van der Waals surface area contributed by atoms with Crippen LogP contribution >= 0.6 is 15.9 Å². The van der Waals surface area contributed by atoms with Gasteiger partial charge in [-0.3, -0.25) is 0 Å². The zero-order valence-corrected chi connectivity index (χ0v) is 11.4. The Balaban J connectivity index is 2.12. The Labute approximate surface area is 106 Å². The Kier molecular flexibility index (Phi) is 6.19. The van der Waals surface area contributed by atoms with Crippen molar-refractivity contribution in [2.45, 2.75) is 13.8 Å². The smallest absolute Gasteiger partial charge is 0.119 e. The first-order chi connectivity index (χ1) is 7.68. The Bertz CT molecular complexity index is 328. The number of halogens is 1. The van der Waals surface area contributed by atoms with Gasteiger partial charge in [0.25, 0.3) is 0 Å². The molecule has 0 atom stereocenters. The lowest BCUT2D eigenvalue weighted by atomic mass is 10.3. The zero-order valence-electron chi connectivity index (χ0n) is 9.79. The maximum Gasteiger partial charge on any atom is 0.119 e. The summed E-state index contributed by atoms with van der Waals surface area (Å²) in [6, 6.07) is 7.87. The molecule has 1 aromatic carbocycles. The molecule has 0 amide bonds. The van der Waals surface area contributed by atoms with E-state index in [-0.39, 0.29) is 0 Å². The third-order valence-corrected chi connectivity index (χ3v) is 2.54. The number of hydrogen-bond donors (Lipinski definition) is 1. The average Bonchev–Trinajstić information content (AvgIpc) is 2.25. The molecular weight excluding hydrogens is 266 g/mol. The summed E-state index contributed by atoms with van der Waals surface area (Å²) in [6.07, 6.45) is 2.17. The van der Waals surface area contributed by atoms with Crippen LogP contribution in [0.2, 0.25) is 0 Å². The Morgan fingerprint density at radius 3 is 2.62 bits per heavy atom. The lowest BCUT2D eigenvalue weighted by Crippen LogP contribution is -2.21. The molecule has 1 aromatic rings. The highest BCUT2D eigenvalue weighted by molar-refractivity contribution is 9.10. The topological polar surface area (TPSA) is 21.3 Å². The molecule has 0 unspecified atom stereocenters. The van der Waals surface area contributed by atoms with Crippen LogP contribution in [-0.2, 0) is 0 Å². The first kappa shape index (κ1) is 13.3. The van der Waals surface area contributed by atoms with E-state index in [4.69, 9.17) is 4.74 Å². The molecule has 0 heterocycles. The van der Waals surface area contributed by atoms with E-state index in [1.807, 2.05) is 24.3 Å². The predicted molar refractivity (Wildman–Crippen MR) is 71.9 cm³/mol. The van der Waals surface area contributed by atoms with Gasteiger partial charge in [0.05, 0.1) is 0 Å². The van der Waals surface area contributed by atoms with Gasteiger partial charge in [0, 0.05) is 17.6 Å². The van der Waals surface area contributed by atoms with Gasteiger partial charge in [-0.1, -0.05) is 27.6 Å². The number of rotatable bonds is 6. The molecule has 2 nitrogen and oxygen atoms in total. The van der Waals surface area contributed by atoms with Crippen molar-refractivity contribution in [1.29, 1.82) is 0 Å². The molecule has 1 rings (SSSR count). The quantitative estimate of drug-likeness (QED) is 0.638. The van der Waals surface area contributed by atoms with Crippen LogP contribution in [0.5, 0.6) is 5.75 Å². The molecule has 0 aromatic heterocycles. The van der Waals surface area contributed by atoms with Crippen molar-refractivity contribution in [3.05, 3.63) is 40.4 Å². The second-order valence-corrected chi connectivity index (χ2v) is 4.70. The van der Waals surface area contributed by atoms with Gasteiger partial charge < -0.3 is 10.1 Å². The van der Waals surface area contributed by atoms with Crippen molar-refractivity contribution in [2.24, 2.45) is 0 Å². The molecule has 0 saturated heterocycles. The van der Waals surface area contributed by atoms with E-state index in [1.54, 1.807) is 0 Å². The van der Waals surface area contributed by atoms with Crippen LogP contribution in [0, 0.1) is 0 Å². The van der Waals surface area contributed by atoms with Crippen LogP contribution in [0.4, 0.5) is 0 Å². The van der Waals surface area contributed by atoms with Crippen LogP contribution in [0.15, 0.2) is 40.4 Å². The second-order valence-electron chi connectivity index (χ2n) is 3.79. The Morgan fingerprint density at radius 1 is 1.31 bits per heavy atom. The molecule has 16 heavy (non-hydrogen) atoms. The molecule has 0 aliphatic rings. The molecule has 88 valence electrons. The molecule has 0 spiro atoms. The number of ether oxygens (including phenoxy) is 1. The highest BCUT2D eigenvalue weighted by Crippen LogP contribution is 2.15. The van der Waals surface area contributed by atoms with Gasteiger partial charge >= 0.3 is 0 Å². The highest BCUT2D eigenvalue weighted by Gasteiger charge is 1.92. The highest BCUT2D eigenvalue weighted by atomic mass is 79.9. The fourth-order valence-corrected chi connectivity index (χ4v) is 1.41. The monoisotopic (exact) mass is 283 g/mol. The van der Waals surface area contributed by atoms with E-state index < -0.39 is 0 Å². The third-order valence-electron chi connectivity index (χ3n) is 2.02. The lowest BCUT2D eigenvalue weighted by molar-refractivity contribution is 0.316. The summed E-state index contributed by atoms with van der Waals surface area (Å²) >= 11 is 3.39. The van der Waals surface area contributed by atoms with Crippen molar-refractivity contribution in [1.82, 2.24) is 5.32 Å². The van der Waals surface area contributed by atoms with E-state index in [0.29, 0.717) is 6.61 Å². The fraction of sp³-hybridized carbons (Fsp3) is 0.385. The average molecular weight is 284 g/mol. The second kappa shape index (κ2) is 7.47. The van der Waals surface area contributed by atoms with Gasteiger partial charge in [-0.25, -0.2) is 0 Å². The van der Waals surface area contributed by atoms with Crippen molar-refractivity contribution in [3.8, 4) is 5.75 Å². The van der Waals surface area contributed by atoms with Gasteiger partial charge in [0.15, 0.2) is 0 Å². The van der Waals surface area contributed by atoms with Crippen LogP contribution < -0.4 is 10.1 Å². The largest absolute Gasteiger partial charge is 0.492 e. The maximum absolute atomic E-state index is 5.56. The zero-order chi connectivity index (χ0) is 11.8. The summed E-state index contributed by atoms with van der Waals surface area (Å²) in [4.78, 5) is 0. The van der Waals surface area contributed by atoms with E-state index in [1.165, 1.54) is 5.57 Å². The summed E-state index contributed by atoms with van der Waals surface area (Å²) in [5.41, 5.74) is 1.33. The van der Waals surface area contributed by atoms with E-state index in [2.05, 4.69) is 41.2 Å². The van der Waals surface area contributed by atoms with Crippen LogP contribution in [0.1, 0.15) is 13.8 Å². The molecular formula is C13H18BrNO. The van der Waals surface area contributed by atoms with Crippen LogP contribution in [-0.4, -0.2) is 19.7 Å². The Hall–Kier alpha value is -0.800. The summed E-state index contributed by atoms with van der Waals surface area (Å²) < 4.78 is 6.63. The Morgan fingerprint density at radius 2 is 2.00 bits per heavy atom. The van der Waals surface area contributed by atoms with Crippen molar-refractivity contribution >= 4 is 15.9 Å². The van der Waals surface area contributed by atoms with E-state index in [9.17, 15) is 0 Å². The SMILES string of the molecule is CC(C)=CCNCCOc1ccc(Br)cc1. The van der Waals surface area contributed by atoms with Gasteiger partial charge in [-0.2, -0.15) is 0 Å². The molecule has 0 fully saturated rings. The first-order valence-electron chi connectivity index (χ1n) is 5.41. The number of allylic oxidation sites excluding steroid dienone is 1. The molecule has 0 saturated carbocycles. The van der Waals surface area contributed by atoms with Gasteiger partial charge in [-0.15, -0.1) is 0 Å². The van der Waals surface area contributed by atoms with Gasteiger partial charge in [0.2, 0.25) is 0 Å². The number of nitrogens with one attached hydrogen (secondary N) is 1. The fourth-order valence-electron chi connectivity index (χ4n) is 1.15. The molecule has 0 radical (unpaired) electrons. The minimum Gasteiger partial charge on any atom is -0.492 e. The predicted octanol–water partition coefficient (Wildman–Crippen LogP) is 3.38. The van der Waals surface area contributed by atoms with Crippen LogP contribution in [0.25, 0.3) is 0 Å². The normalized spacial score (nSPS) is 9.94. The molecule has 0 bridgehead atoms. The van der Waals surface area contributed by atoms with Gasteiger partial charge in [-0.05, 0) is 38.1 Å². The lowest BCUT2D eigenvalue weighted by Gasteiger charge is -2.06. The summed E-state index contributed by atoms with van der Waals surface area (Å²) in [6.45, 7) is 6.66. The number of hydrogen-bond acceptors (Lipinski definition) is 2. The van der Waals surface area contributed by atoms with E-state index >= 15 is 0 Å². The summed E-state index contributed by atoms with van der Waals surface area (Å²) in [7, 11) is 0. The first-order valence-corrected chi connectivity index (χ1v) is 6.20. The van der Waals surface area contributed by atoms with Gasteiger partial charge in [0.1, 0.15) is 12.4 Å². The van der Waals surface area contributed by atoms with Crippen LogP contribution in [0.3, 0.4) is 0 Å². The standard InChI is InChI=1S/C13H18BrNO/c1-11(2)7-8-15-9-10-16-13-5-3-12(14)4-6-13/h3-7,15H,8-10H2,1-2H3. The summed E-state index contributed by atoms with van der Waals surface area (Å²) in [5.74, 6) is 0.909. The third kappa shape index (κ3) is 5.93. The molecule has 0 aliphatic heterocycles. The molecule has 3 heteroatoms. The summed E-state index contributed by atoms with van der Waals surface area (Å²) in [5, 5.41) is 3.29. The van der Waals surface area contributed by atoms with Crippen molar-refractivity contribution < 1.29 is 4.74 Å². The van der Waals surface area contributed by atoms with Crippen molar-refractivity contribution in [2.75, 3.05) is 19.7 Å². The maximum atomic E-state index is 5.56. The van der Waals surface area contributed by atoms with Crippen molar-refractivity contribution in [3.63, 3.8) is 0 Å². The van der Waals surface area contributed by atoms with E-state index in [0.717, 1.165) is 23.3 Å². The number of benzene rings is 1. The molecule has 1 N–H and O–H groups in total. The minimum atomic E-state index is 0.693.